The summed E-state index contributed by atoms with van der Waals surface area (Å²) >= 11 is 0. The van der Waals surface area contributed by atoms with Crippen LogP contribution >= 0.6 is 0 Å². The van der Waals surface area contributed by atoms with E-state index < -0.39 is 5.60 Å². The zero-order chi connectivity index (χ0) is 12.3. The molecule has 1 aromatic carbocycles. The van der Waals surface area contributed by atoms with Gasteiger partial charge >= 0.3 is 0 Å². The van der Waals surface area contributed by atoms with E-state index in [9.17, 15) is 9.90 Å². The zero-order valence-electron chi connectivity index (χ0n) is 10.2. The van der Waals surface area contributed by atoms with Crippen molar-refractivity contribution >= 4 is 5.78 Å². The standard InChI is InChI=1S/C14H19NO2/c1-11(16)13-4-2-3-12(9-13)10-14(17)5-7-15-8-6-14/h2-4,9,15,17H,5-8,10H2,1H3. The van der Waals surface area contributed by atoms with Crippen molar-refractivity contribution in [2.24, 2.45) is 0 Å². The van der Waals surface area contributed by atoms with Gasteiger partial charge in [0.05, 0.1) is 5.60 Å². The Kier molecular flexibility index (Phi) is 3.60. The molecule has 17 heavy (non-hydrogen) atoms. The summed E-state index contributed by atoms with van der Waals surface area (Å²) in [5.74, 6) is 0.0733. The number of hydrogen-bond donors (Lipinski definition) is 2. The second kappa shape index (κ2) is 4.98. The monoisotopic (exact) mass is 233 g/mol. The fraction of sp³-hybridized carbons (Fsp3) is 0.500. The van der Waals surface area contributed by atoms with Gasteiger partial charge in [-0.05, 0) is 44.5 Å². The average molecular weight is 233 g/mol. The molecule has 1 aromatic rings. The van der Waals surface area contributed by atoms with Crippen LogP contribution in [0.4, 0.5) is 0 Å². The minimum Gasteiger partial charge on any atom is -0.389 e. The molecule has 0 spiro atoms. The highest BCUT2D eigenvalue weighted by Crippen LogP contribution is 2.23. The van der Waals surface area contributed by atoms with E-state index in [1.54, 1.807) is 6.92 Å². The van der Waals surface area contributed by atoms with Gasteiger partial charge in [-0.15, -0.1) is 0 Å². The fourth-order valence-corrected chi connectivity index (χ4v) is 2.35. The summed E-state index contributed by atoms with van der Waals surface area (Å²) in [6, 6.07) is 7.57. The molecule has 1 heterocycles. The molecule has 2 N–H and O–H groups in total. The lowest BCUT2D eigenvalue weighted by atomic mass is 9.85. The van der Waals surface area contributed by atoms with E-state index >= 15 is 0 Å². The zero-order valence-corrected chi connectivity index (χ0v) is 10.2. The summed E-state index contributed by atoms with van der Waals surface area (Å²) in [6.45, 7) is 3.30. The molecular weight excluding hydrogens is 214 g/mol. The summed E-state index contributed by atoms with van der Waals surface area (Å²) in [7, 11) is 0. The number of carbonyl (C=O) groups excluding carboxylic acids is 1. The van der Waals surface area contributed by atoms with E-state index in [2.05, 4.69) is 5.32 Å². The number of carbonyl (C=O) groups is 1. The van der Waals surface area contributed by atoms with Gasteiger partial charge in [0, 0.05) is 12.0 Å². The molecule has 1 saturated heterocycles. The second-order valence-electron chi connectivity index (χ2n) is 4.91. The van der Waals surface area contributed by atoms with Crippen LogP contribution in [0.5, 0.6) is 0 Å². The van der Waals surface area contributed by atoms with Crippen LogP contribution in [0.25, 0.3) is 0 Å². The van der Waals surface area contributed by atoms with Crippen molar-refractivity contribution in [2.75, 3.05) is 13.1 Å². The van der Waals surface area contributed by atoms with Crippen LogP contribution in [0.2, 0.25) is 0 Å². The average Bonchev–Trinajstić information content (AvgIpc) is 2.29. The minimum atomic E-state index is -0.610. The third-order valence-electron chi connectivity index (χ3n) is 3.40. The third-order valence-corrected chi connectivity index (χ3v) is 3.40. The van der Waals surface area contributed by atoms with Crippen LogP contribution in [-0.4, -0.2) is 29.6 Å². The SMILES string of the molecule is CC(=O)c1cccc(CC2(O)CCNCC2)c1. The molecule has 0 radical (unpaired) electrons. The maximum Gasteiger partial charge on any atom is 0.159 e. The largest absolute Gasteiger partial charge is 0.389 e. The van der Waals surface area contributed by atoms with Crippen molar-refractivity contribution in [2.45, 2.75) is 31.8 Å². The van der Waals surface area contributed by atoms with E-state index in [1.165, 1.54) is 0 Å². The van der Waals surface area contributed by atoms with Gasteiger partial charge in [0.2, 0.25) is 0 Å². The van der Waals surface area contributed by atoms with Crippen LogP contribution in [0.3, 0.4) is 0 Å². The Balaban J connectivity index is 2.12. The predicted octanol–water partition coefficient (Wildman–Crippen LogP) is 1.55. The number of hydrogen-bond acceptors (Lipinski definition) is 3. The summed E-state index contributed by atoms with van der Waals surface area (Å²) in [5.41, 5.74) is 1.16. The van der Waals surface area contributed by atoms with Crippen molar-refractivity contribution in [1.82, 2.24) is 5.32 Å². The molecule has 0 aliphatic carbocycles. The molecule has 3 nitrogen and oxygen atoms in total. The van der Waals surface area contributed by atoms with Gasteiger partial charge in [-0.3, -0.25) is 4.79 Å². The van der Waals surface area contributed by atoms with Gasteiger partial charge in [0.1, 0.15) is 0 Å². The van der Waals surface area contributed by atoms with Crippen LogP contribution in [-0.2, 0) is 6.42 Å². The van der Waals surface area contributed by atoms with Crippen molar-refractivity contribution in [3.8, 4) is 0 Å². The molecule has 1 aliphatic heterocycles. The molecule has 0 aromatic heterocycles. The van der Waals surface area contributed by atoms with Crippen molar-refractivity contribution in [3.63, 3.8) is 0 Å². The topological polar surface area (TPSA) is 49.3 Å². The van der Waals surface area contributed by atoms with Crippen LogP contribution in [0.1, 0.15) is 35.7 Å². The molecular formula is C14H19NO2. The van der Waals surface area contributed by atoms with Crippen LogP contribution in [0, 0.1) is 0 Å². The van der Waals surface area contributed by atoms with E-state index in [4.69, 9.17) is 0 Å². The molecule has 0 unspecified atom stereocenters. The smallest absolute Gasteiger partial charge is 0.159 e. The Morgan fingerprint density at radius 3 is 2.76 bits per heavy atom. The lowest BCUT2D eigenvalue weighted by molar-refractivity contribution is 0.0108. The Morgan fingerprint density at radius 2 is 2.12 bits per heavy atom. The quantitative estimate of drug-likeness (QED) is 0.779. The molecule has 1 fully saturated rings. The first-order valence-corrected chi connectivity index (χ1v) is 6.12. The van der Waals surface area contributed by atoms with Gasteiger partial charge in [0.15, 0.2) is 5.78 Å². The van der Waals surface area contributed by atoms with E-state index in [0.29, 0.717) is 6.42 Å². The highest BCUT2D eigenvalue weighted by Gasteiger charge is 2.29. The molecule has 92 valence electrons. The summed E-state index contributed by atoms with van der Waals surface area (Å²) in [4.78, 5) is 11.3. The first-order chi connectivity index (χ1) is 8.09. The molecule has 0 atom stereocenters. The van der Waals surface area contributed by atoms with Gasteiger partial charge in [-0.2, -0.15) is 0 Å². The van der Waals surface area contributed by atoms with Gasteiger partial charge in [0.25, 0.3) is 0 Å². The van der Waals surface area contributed by atoms with Gasteiger partial charge < -0.3 is 10.4 Å². The van der Waals surface area contributed by atoms with Crippen molar-refractivity contribution in [3.05, 3.63) is 35.4 Å². The summed E-state index contributed by atoms with van der Waals surface area (Å²) in [6.07, 6.45) is 2.18. The number of Topliss-reactive ketones (excluding diaryl/α,β-unsaturated/α-hetero) is 1. The highest BCUT2D eigenvalue weighted by molar-refractivity contribution is 5.94. The summed E-state index contributed by atoms with van der Waals surface area (Å²) in [5, 5.41) is 13.7. The molecule has 0 saturated carbocycles. The van der Waals surface area contributed by atoms with E-state index in [1.807, 2.05) is 24.3 Å². The number of rotatable bonds is 3. The maximum atomic E-state index is 11.3. The van der Waals surface area contributed by atoms with Crippen LogP contribution in [0.15, 0.2) is 24.3 Å². The molecule has 2 rings (SSSR count). The Hall–Kier alpha value is -1.19. The van der Waals surface area contributed by atoms with Crippen molar-refractivity contribution < 1.29 is 9.90 Å². The highest BCUT2D eigenvalue weighted by atomic mass is 16.3. The first kappa shape index (κ1) is 12.3. The van der Waals surface area contributed by atoms with Gasteiger partial charge in [-0.1, -0.05) is 18.2 Å². The maximum absolute atomic E-state index is 11.3. The van der Waals surface area contributed by atoms with E-state index in [0.717, 1.165) is 37.1 Å². The normalized spacial score (nSPS) is 18.9. The number of ketones is 1. The molecule has 0 bridgehead atoms. The Labute approximate surface area is 102 Å². The third kappa shape index (κ3) is 3.14. The first-order valence-electron chi connectivity index (χ1n) is 6.12. The van der Waals surface area contributed by atoms with E-state index in [-0.39, 0.29) is 5.78 Å². The predicted molar refractivity (Wildman–Crippen MR) is 67.2 cm³/mol. The lowest BCUT2D eigenvalue weighted by Crippen LogP contribution is -2.43. The Morgan fingerprint density at radius 1 is 1.41 bits per heavy atom. The molecule has 3 heteroatoms. The van der Waals surface area contributed by atoms with Crippen LogP contribution < -0.4 is 5.32 Å². The lowest BCUT2D eigenvalue weighted by Gasteiger charge is -2.32. The molecule has 0 amide bonds. The fourth-order valence-electron chi connectivity index (χ4n) is 2.35. The minimum absolute atomic E-state index is 0.0733. The second-order valence-corrected chi connectivity index (χ2v) is 4.91. The van der Waals surface area contributed by atoms with Crippen molar-refractivity contribution in [1.29, 1.82) is 0 Å². The van der Waals surface area contributed by atoms with Gasteiger partial charge in [-0.25, -0.2) is 0 Å². The summed E-state index contributed by atoms with van der Waals surface area (Å²) < 4.78 is 0. The number of piperidine rings is 1. The Bertz CT molecular complexity index is 408. The number of aliphatic hydroxyl groups is 1. The number of nitrogens with one attached hydrogen (secondary N) is 1. The number of benzene rings is 1. The molecule has 1 aliphatic rings.